The normalized spacial score (nSPS) is 33.5. The van der Waals surface area contributed by atoms with Crippen LogP contribution in [0.4, 0.5) is 0 Å². The summed E-state index contributed by atoms with van der Waals surface area (Å²) in [5.41, 5.74) is 0. The maximum absolute atomic E-state index is 11.2. The molecule has 7 heteroatoms. The fourth-order valence-corrected chi connectivity index (χ4v) is 2.32. The number of carbonyl (C=O) groups is 2. The van der Waals surface area contributed by atoms with Gasteiger partial charge in [0.2, 0.25) is 0 Å². The highest BCUT2D eigenvalue weighted by Gasteiger charge is 2.49. The van der Waals surface area contributed by atoms with Crippen molar-refractivity contribution in [3.05, 3.63) is 0 Å². The highest BCUT2D eigenvalue weighted by molar-refractivity contribution is 5.67. The van der Waals surface area contributed by atoms with Crippen molar-refractivity contribution in [2.75, 3.05) is 14.2 Å². The summed E-state index contributed by atoms with van der Waals surface area (Å²) in [6.07, 6.45) is -2.65. The van der Waals surface area contributed by atoms with Gasteiger partial charge >= 0.3 is 11.9 Å². The van der Waals surface area contributed by atoms with Crippen LogP contribution in [-0.2, 0) is 33.3 Å². The van der Waals surface area contributed by atoms with Gasteiger partial charge in [-0.15, -0.1) is 0 Å². The van der Waals surface area contributed by atoms with Crippen molar-refractivity contribution in [3.63, 3.8) is 0 Å². The van der Waals surface area contributed by atoms with Crippen molar-refractivity contribution >= 4 is 11.9 Å². The molecule has 0 aliphatic carbocycles. The lowest BCUT2D eigenvalue weighted by Gasteiger charge is -2.43. The Kier molecular flexibility index (Phi) is 6.38. The predicted octanol–water partition coefficient (Wildman–Crippen LogP) is 0.646. The molecule has 7 nitrogen and oxygen atoms in total. The number of methoxy groups -OCH3 is 2. The molecule has 5 atom stereocenters. The third-order valence-corrected chi connectivity index (χ3v) is 3.10. The maximum atomic E-state index is 11.2. The minimum absolute atomic E-state index is 0.388. The van der Waals surface area contributed by atoms with Gasteiger partial charge in [-0.25, -0.2) is 0 Å². The topological polar surface area (TPSA) is 80.3 Å². The molecular weight excluding hydrogens is 268 g/mol. The summed E-state index contributed by atoms with van der Waals surface area (Å²) in [7, 11) is 2.91. The monoisotopic (exact) mass is 290 g/mol. The second-order valence-corrected chi connectivity index (χ2v) is 4.54. The van der Waals surface area contributed by atoms with E-state index in [0.29, 0.717) is 6.42 Å². The third kappa shape index (κ3) is 3.91. The van der Waals surface area contributed by atoms with Gasteiger partial charge in [0.1, 0.15) is 12.2 Å². The van der Waals surface area contributed by atoms with Crippen molar-refractivity contribution in [3.8, 4) is 0 Å². The molecule has 116 valence electrons. The van der Waals surface area contributed by atoms with Crippen LogP contribution in [0.1, 0.15) is 27.2 Å². The van der Waals surface area contributed by atoms with E-state index in [2.05, 4.69) is 0 Å². The predicted molar refractivity (Wildman–Crippen MR) is 67.9 cm³/mol. The number of carbonyl (C=O) groups excluding carboxylic acids is 2. The highest BCUT2D eigenvalue weighted by atomic mass is 16.7. The molecular formula is C13H22O7. The van der Waals surface area contributed by atoms with E-state index in [0.717, 1.165) is 0 Å². The number of hydrogen-bond acceptors (Lipinski definition) is 7. The summed E-state index contributed by atoms with van der Waals surface area (Å²) in [5.74, 6) is -0.934. The smallest absolute Gasteiger partial charge is 0.303 e. The second-order valence-electron chi connectivity index (χ2n) is 4.54. The third-order valence-electron chi connectivity index (χ3n) is 3.10. The molecule has 0 aromatic rings. The Morgan fingerprint density at radius 1 is 0.950 bits per heavy atom. The van der Waals surface area contributed by atoms with E-state index in [1.807, 2.05) is 6.92 Å². The van der Waals surface area contributed by atoms with E-state index in [-0.39, 0.29) is 6.10 Å². The maximum Gasteiger partial charge on any atom is 0.303 e. The molecule has 0 amide bonds. The van der Waals surface area contributed by atoms with Crippen LogP contribution in [-0.4, -0.2) is 56.9 Å². The highest BCUT2D eigenvalue weighted by Crippen LogP contribution is 2.29. The van der Waals surface area contributed by atoms with Gasteiger partial charge in [-0.1, -0.05) is 6.92 Å². The molecule has 0 spiro atoms. The second kappa shape index (κ2) is 7.56. The van der Waals surface area contributed by atoms with Crippen LogP contribution in [0.3, 0.4) is 0 Å². The molecule has 0 radical (unpaired) electrons. The number of ether oxygens (including phenoxy) is 5. The molecule has 0 bridgehead atoms. The van der Waals surface area contributed by atoms with Crippen LogP contribution in [0.25, 0.3) is 0 Å². The number of rotatable bonds is 5. The lowest BCUT2D eigenvalue weighted by molar-refractivity contribution is -0.299. The van der Waals surface area contributed by atoms with Gasteiger partial charge in [-0.3, -0.25) is 9.59 Å². The summed E-state index contributed by atoms with van der Waals surface area (Å²) in [4.78, 5) is 22.5. The number of esters is 2. The zero-order chi connectivity index (χ0) is 15.3. The summed E-state index contributed by atoms with van der Waals surface area (Å²) in [5, 5.41) is 0. The first-order chi connectivity index (χ1) is 9.44. The SMILES string of the molecule is CC[C@@H]1O[C@@H](OC)[C@H](OC(C)=O)[C@@H](OC)[C@@H]1OC(C)=O. The average Bonchev–Trinajstić information content (AvgIpc) is 2.38. The molecule has 1 aliphatic rings. The van der Waals surface area contributed by atoms with Crippen molar-refractivity contribution in [1.29, 1.82) is 0 Å². The van der Waals surface area contributed by atoms with Crippen LogP contribution in [0, 0.1) is 0 Å². The van der Waals surface area contributed by atoms with Gasteiger partial charge in [-0.2, -0.15) is 0 Å². The molecule has 0 unspecified atom stereocenters. The van der Waals surface area contributed by atoms with Crippen LogP contribution < -0.4 is 0 Å². The molecule has 0 N–H and O–H groups in total. The molecule has 0 saturated carbocycles. The van der Waals surface area contributed by atoms with Crippen LogP contribution in [0.15, 0.2) is 0 Å². The van der Waals surface area contributed by atoms with Crippen molar-refractivity contribution in [1.82, 2.24) is 0 Å². The summed E-state index contributed by atoms with van der Waals surface area (Å²) < 4.78 is 26.7. The van der Waals surface area contributed by atoms with Gasteiger partial charge in [0, 0.05) is 28.1 Å². The number of hydrogen-bond donors (Lipinski definition) is 0. The standard InChI is InChI=1S/C13H22O7/c1-6-9-10(18-7(2)14)11(16-4)12(19-8(3)15)13(17-5)20-9/h9-13H,6H2,1-5H3/t9-,10+,11-,12+,13+/m0/s1. The van der Waals surface area contributed by atoms with E-state index < -0.39 is 36.5 Å². The molecule has 0 aromatic carbocycles. The fraction of sp³-hybridized carbons (Fsp3) is 0.846. The van der Waals surface area contributed by atoms with E-state index in [9.17, 15) is 9.59 Å². The van der Waals surface area contributed by atoms with Crippen molar-refractivity contribution in [2.45, 2.75) is 57.9 Å². The Balaban J connectivity index is 3.01. The lowest BCUT2D eigenvalue weighted by Crippen LogP contribution is -2.60. The Morgan fingerprint density at radius 3 is 1.90 bits per heavy atom. The Labute approximate surface area is 118 Å². The van der Waals surface area contributed by atoms with Gasteiger partial charge < -0.3 is 23.7 Å². The Morgan fingerprint density at radius 2 is 1.50 bits per heavy atom. The van der Waals surface area contributed by atoms with Gasteiger partial charge in [-0.05, 0) is 6.42 Å². The summed E-state index contributed by atoms with van der Waals surface area (Å²) >= 11 is 0. The molecule has 20 heavy (non-hydrogen) atoms. The Hall–Kier alpha value is -1.18. The largest absolute Gasteiger partial charge is 0.457 e. The fourth-order valence-electron chi connectivity index (χ4n) is 2.32. The van der Waals surface area contributed by atoms with Gasteiger partial charge in [0.25, 0.3) is 0 Å². The quantitative estimate of drug-likeness (QED) is 0.687. The first-order valence-corrected chi connectivity index (χ1v) is 6.50. The first kappa shape index (κ1) is 16.9. The van der Waals surface area contributed by atoms with Crippen molar-refractivity contribution < 1.29 is 33.3 Å². The van der Waals surface area contributed by atoms with Gasteiger partial charge in [0.15, 0.2) is 18.5 Å². The summed E-state index contributed by atoms with van der Waals surface area (Å²) in [6, 6.07) is 0. The molecule has 1 heterocycles. The van der Waals surface area contributed by atoms with Crippen molar-refractivity contribution in [2.24, 2.45) is 0 Å². The molecule has 1 aliphatic heterocycles. The van der Waals surface area contributed by atoms with Crippen LogP contribution in [0.2, 0.25) is 0 Å². The molecule has 0 aromatic heterocycles. The summed E-state index contributed by atoms with van der Waals surface area (Å²) in [6.45, 7) is 4.49. The van der Waals surface area contributed by atoms with Gasteiger partial charge in [0.05, 0.1) is 0 Å². The van der Waals surface area contributed by atoms with E-state index in [4.69, 9.17) is 23.7 Å². The first-order valence-electron chi connectivity index (χ1n) is 6.50. The van der Waals surface area contributed by atoms with Crippen LogP contribution in [0.5, 0.6) is 0 Å². The van der Waals surface area contributed by atoms with E-state index in [1.54, 1.807) is 0 Å². The van der Waals surface area contributed by atoms with E-state index in [1.165, 1.54) is 28.1 Å². The zero-order valence-electron chi connectivity index (χ0n) is 12.5. The zero-order valence-corrected chi connectivity index (χ0v) is 12.5. The molecule has 1 saturated heterocycles. The minimum atomic E-state index is -0.797. The van der Waals surface area contributed by atoms with E-state index >= 15 is 0 Å². The average molecular weight is 290 g/mol. The lowest BCUT2D eigenvalue weighted by atomic mass is 9.96. The molecule has 1 fully saturated rings. The molecule has 1 rings (SSSR count). The Bertz CT molecular complexity index is 314. The van der Waals surface area contributed by atoms with Crippen LogP contribution >= 0.6 is 0 Å². The minimum Gasteiger partial charge on any atom is -0.457 e.